The lowest BCUT2D eigenvalue weighted by atomic mass is 9.86. The van der Waals surface area contributed by atoms with Gasteiger partial charge in [0.1, 0.15) is 24.8 Å². The van der Waals surface area contributed by atoms with Crippen LogP contribution in [0.2, 0.25) is 0 Å². The molecular formula is C35H63N3O8. The van der Waals surface area contributed by atoms with Crippen LogP contribution in [0.4, 0.5) is 0 Å². The summed E-state index contributed by atoms with van der Waals surface area (Å²) in [7, 11) is 0. The minimum atomic E-state index is -1.33. The maximum absolute atomic E-state index is 13.5. The zero-order valence-electron chi connectivity index (χ0n) is 29.7. The lowest BCUT2D eigenvalue weighted by Gasteiger charge is -2.32. The topological polar surface area (TPSA) is 160 Å². The summed E-state index contributed by atoms with van der Waals surface area (Å²) >= 11 is 0. The summed E-state index contributed by atoms with van der Waals surface area (Å²) in [6.45, 7) is 13.3. The Labute approximate surface area is 277 Å². The molecule has 11 nitrogen and oxygen atoms in total. The number of esters is 2. The Morgan fingerprint density at radius 2 is 1.22 bits per heavy atom. The number of amides is 3. The molecule has 0 bridgehead atoms. The van der Waals surface area contributed by atoms with Crippen LogP contribution in [0.25, 0.3) is 0 Å². The van der Waals surface area contributed by atoms with Crippen molar-refractivity contribution in [3.63, 3.8) is 0 Å². The Bertz CT molecular complexity index is 956. The van der Waals surface area contributed by atoms with Gasteiger partial charge in [-0.25, -0.2) is 4.79 Å². The second kappa shape index (κ2) is 22.0. The molecule has 1 heterocycles. The Hall–Kier alpha value is -2.69. The number of nitrogens with one attached hydrogen (secondary N) is 3. The van der Waals surface area contributed by atoms with Gasteiger partial charge in [0.2, 0.25) is 17.7 Å². The van der Waals surface area contributed by atoms with Crippen molar-refractivity contribution in [3.8, 4) is 0 Å². The molecule has 4 N–H and O–H groups in total. The second-order valence-electron chi connectivity index (χ2n) is 13.8. The second-order valence-corrected chi connectivity index (χ2v) is 13.8. The SMILES string of the molecule is CCCCCCCCCCCCC[C@H]1OC(=O)[C@H](COC(C)=O)NC(=O)[C@H](C(C)C)NC(=O)[C@H](C(C)C)NC(=O)[C@H](C)[C@H](O)[C@H]1C. The maximum atomic E-state index is 13.5. The van der Waals surface area contributed by atoms with Crippen LogP contribution in [-0.4, -0.2) is 71.7 Å². The van der Waals surface area contributed by atoms with Gasteiger partial charge in [0.05, 0.1) is 12.0 Å². The van der Waals surface area contributed by atoms with Crippen molar-refractivity contribution in [2.75, 3.05) is 6.61 Å². The molecule has 0 aliphatic carbocycles. The molecule has 0 spiro atoms. The van der Waals surface area contributed by atoms with Crippen molar-refractivity contribution in [1.82, 2.24) is 16.0 Å². The Kier molecular flexibility index (Phi) is 19.8. The van der Waals surface area contributed by atoms with Crippen molar-refractivity contribution >= 4 is 29.7 Å². The van der Waals surface area contributed by atoms with Gasteiger partial charge >= 0.3 is 11.9 Å². The maximum Gasteiger partial charge on any atom is 0.332 e. The van der Waals surface area contributed by atoms with E-state index in [1.54, 1.807) is 41.5 Å². The number of carbonyl (C=O) groups is 5. The number of ether oxygens (including phenoxy) is 2. The number of aliphatic hydroxyl groups is 1. The van der Waals surface area contributed by atoms with Gasteiger partial charge in [0.25, 0.3) is 0 Å². The molecule has 1 aliphatic rings. The van der Waals surface area contributed by atoms with Crippen LogP contribution in [0.3, 0.4) is 0 Å². The predicted molar refractivity (Wildman–Crippen MR) is 177 cm³/mol. The summed E-state index contributed by atoms with van der Waals surface area (Å²) in [5.41, 5.74) is 0. The highest BCUT2D eigenvalue weighted by Gasteiger charge is 2.39. The summed E-state index contributed by atoms with van der Waals surface area (Å²) in [5, 5.41) is 19.4. The summed E-state index contributed by atoms with van der Waals surface area (Å²) in [6, 6.07) is -3.34. The largest absolute Gasteiger partial charge is 0.463 e. The number of unbranched alkanes of at least 4 members (excludes halogenated alkanes) is 10. The number of hydrogen-bond acceptors (Lipinski definition) is 8. The number of rotatable bonds is 16. The third kappa shape index (κ3) is 14.8. The van der Waals surface area contributed by atoms with Crippen LogP contribution in [0, 0.1) is 23.7 Å². The summed E-state index contributed by atoms with van der Waals surface area (Å²) in [6.07, 6.45) is 11.2. The first-order chi connectivity index (χ1) is 21.7. The van der Waals surface area contributed by atoms with Gasteiger partial charge in [-0.15, -0.1) is 0 Å². The van der Waals surface area contributed by atoms with Crippen LogP contribution in [0.15, 0.2) is 0 Å². The number of hydrogen-bond donors (Lipinski definition) is 4. The Balaban J connectivity index is 3.19. The Morgan fingerprint density at radius 1 is 0.761 bits per heavy atom. The molecule has 0 aromatic carbocycles. The van der Waals surface area contributed by atoms with Crippen LogP contribution >= 0.6 is 0 Å². The van der Waals surface area contributed by atoms with E-state index < -0.39 is 78.4 Å². The lowest BCUT2D eigenvalue weighted by molar-refractivity contribution is -0.162. The number of cyclic esters (lactones) is 1. The van der Waals surface area contributed by atoms with Gasteiger partial charge in [-0.2, -0.15) is 0 Å². The van der Waals surface area contributed by atoms with Crippen molar-refractivity contribution in [1.29, 1.82) is 0 Å². The molecule has 0 unspecified atom stereocenters. The first kappa shape index (κ1) is 41.3. The fraction of sp³-hybridized carbons (Fsp3) is 0.857. The standard InChI is InChI=1S/C35H63N3O8/c1-9-10-11-12-13-14-15-16-17-18-19-20-28-24(6)31(40)25(7)32(41)37-30(23(4)5)34(43)38-29(22(2)3)33(42)36-27(35(44)46-28)21-45-26(8)39/h22-25,27-31,40H,9-21H2,1-8H3,(H,36,42)(H,37,41)(H,38,43)/t24-,25+,27-,28+,29-,30-,31+/m0/s1. The molecule has 1 rings (SSSR count). The van der Waals surface area contributed by atoms with E-state index in [9.17, 15) is 29.1 Å². The molecule has 0 aromatic rings. The monoisotopic (exact) mass is 653 g/mol. The molecule has 1 aliphatic heterocycles. The molecule has 3 amide bonds. The van der Waals surface area contributed by atoms with Gasteiger partial charge in [0, 0.05) is 12.8 Å². The van der Waals surface area contributed by atoms with Gasteiger partial charge in [-0.05, 0) is 24.7 Å². The average molecular weight is 654 g/mol. The van der Waals surface area contributed by atoms with Crippen LogP contribution in [-0.2, 0) is 33.4 Å². The van der Waals surface area contributed by atoms with Crippen molar-refractivity contribution in [2.24, 2.45) is 23.7 Å². The smallest absolute Gasteiger partial charge is 0.332 e. The highest BCUT2D eigenvalue weighted by molar-refractivity contribution is 5.94. The average Bonchev–Trinajstić information content (AvgIpc) is 3.00. The molecule has 266 valence electrons. The van der Waals surface area contributed by atoms with E-state index in [2.05, 4.69) is 22.9 Å². The third-order valence-electron chi connectivity index (χ3n) is 8.96. The zero-order valence-corrected chi connectivity index (χ0v) is 29.7. The van der Waals surface area contributed by atoms with Crippen molar-refractivity contribution in [2.45, 2.75) is 163 Å². The van der Waals surface area contributed by atoms with E-state index in [0.29, 0.717) is 6.42 Å². The predicted octanol–water partition coefficient (Wildman–Crippen LogP) is 4.58. The fourth-order valence-electron chi connectivity index (χ4n) is 5.73. The molecule has 0 aromatic heterocycles. The fourth-order valence-corrected chi connectivity index (χ4v) is 5.73. The van der Waals surface area contributed by atoms with E-state index in [-0.39, 0.29) is 11.8 Å². The highest BCUT2D eigenvalue weighted by Crippen LogP contribution is 2.25. The molecule has 11 heteroatoms. The number of carbonyl (C=O) groups excluding carboxylic acids is 5. The number of aliphatic hydroxyl groups excluding tert-OH is 1. The highest BCUT2D eigenvalue weighted by atomic mass is 16.6. The summed E-state index contributed by atoms with van der Waals surface area (Å²) < 4.78 is 11.0. The molecule has 0 saturated carbocycles. The first-order valence-corrected chi connectivity index (χ1v) is 17.6. The van der Waals surface area contributed by atoms with Gasteiger partial charge in [0.15, 0.2) is 6.04 Å². The van der Waals surface area contributed by atoms with E-state index in [4.69, 9.17) is 9.47 Å². The van der Waals surface area contributed by atoms with Crippen LogP contribution < -0.4 is 16.0 Å². The van der Waals surface area contributed by atoms with E-state index in [1.165, 1.54) is 51.9 Å². The van der Waals surface area contributed by atoms with Crippen molar-refractivity contribution in [3.05, 3.63) is 0 Å². The van der Waals surface area contributed by atoms with Crippen LogP contribution in [0.1, 0.15) is 132 Å². The quantitative estimate of drug-likeness (QED) is 0.139. The van der Waals surface area contributed by atoms with Crippen molar-refractivity contribution < 1.29 is 38.6 Å². The zero-order chi connectivity index (χ0) is 34.8. The summed E-state index contributed by atoms with van der Waals surface area (Å²) in [4.78, 5) is 65.2. The van der Waals surface area contributed by atoms with Gasteiger partial charge < -0.3 is 30.5 Å². The molecule has 1 saturated heterocycles. The third-order valence-corrected chi connectivity index (χ3v) is 8.96. The van der Waals surface area contributed by atoms with E-state index >= 15 is 0 Å². The van der Waals surface area contributed by atoms with Gasteiger partial charge in [-0.3, -0.25) is 19.2 Å². The molecule has 0 radical (unpaired) electrons. The van der Waals surface area contributed by atoms with Crippen LogP contribution in [0.5, 0.6) is 0 Å². The van der Waals surface area contributed by atoms with E-state index in [1.807, 2.05) is 0 Å². The lowest BCUT2D eigenvalue weighted by Crippen LogP contribution is -2.59. The molecule has 7 atom stereocenters. The minimum Gasteiger partial charge on any atom is -0.463 e. The first-order valence-electron chi connectivity index (χ1n) is 17.6. The Morgan fingerprint density at radius 3 is 1.70 bits per heavy atom. The summed E-state index contributed by atoms with van der Waals surface area (Å²) in [5.74, 6) is -5.41. The van der Waals surface area contributed by atoms with Gasteiger partial charge in [-0.1, -0.05) is 113 Å². The molecule has 1 fully saturated rings. The molecule has 46 heavy (non-hydrogen) atoms. The minimum absolute atomic E-state index is 0.312. The van der Waals surface area contributed by atoms with E-state index in [0.717, 1.165) is 25.7 Å². The molecular weight excluding hydrogens is 590 g/mol. The normalized spacial score (nSPS) is 26.9.